The number of carbonyl (C=O) groups is 2. The van der Waals surface area contributed by atoms with E-state index in [4.69, 9.17) is 21.7 Å². The minimum absolute atomic E-state index is 0.203. The van der Waals surface area contributed by atoms with Gasteiger partial charge in [0, 0.05) is 11.6 Å². The van der Waals surface area contributed by atoms with Gasteiger partial charge in [0.1, 0.15) is 15.8 Å². The van der Waals surface area contributed by atoms with Crippen LogP contribution in [-0.4, -0.2) is 41.4 Å². The van der Waals surface area contributed by atoms with E-state index in [2.05, 4.69) is 0 Å². The van der Waals surface area contributed by atoms with Crippen molar-refractivity contribution < 1.29 is 24.2 Å². The first-order chi connectivity index (χ1) is 11.4. The van der Waals surface area contributed by atoms with Crippen LogP contribution in [-0.2, 0) is 9.59 Å². The molecule has 0 aromatic heterocycles. The van der Waals surface area contributed by atoms with Crippen molar-refractivity contribution in [3.05, 3.63) is 28.7 Å². The van der Waals surface area contributed by atoms with Gasteiger partial charge in [-0.2, -0.15) is 0 Å². The molecule has 128 valence electrons. The third kappa shape index (κ3) is 3.54. The van der Waals surface area contributed by atoms with E-state index in [-0.39, 0.29) is 10.7 Å². The summed E-state index contributed by atoms with van der Waals surface area (Å²) in [6.07, 6.45) is 1.84. The number of aliphatic carboxylic acids is 1. The van der Waals surface area contributed by atoms with Crippen LogP contribution in [0.15, 0.2) is 23.1 Å². The molecule has 0 saturated carbocycles. The van der Waals surface area contributed by atoms with E-state index >= 15 is 0 Å². The number of nitrogens with zero attached hydrogens (tertiary/aromatic N) is 1. The van der Waals surface area contributed by atoms with E-state index < -0.39 is 17.9 Å². The Morgan fingerprint density at radius 1 is 1.42 bits per heavy atom. The molecule has 1 aromatic rings. The molecule has 0 N–H and O–H groups in total. The Kier molecular flexibility index (Phi) is 5.84. The number of thiocarbonyl (C=S) groups is 1. The molecular weight excluding hydrogens is 350 g/mol. The van der Waals surface area contributed by atoms with Gasteiger partial charge in [-0.3, -0.25) is 9.69 Å². The molecule has 0 bridgehead atoms. The molecule has 1 amide bonds. The van der Waals surface area contributed by atoms with Crippen molar-refractivity contribution in [3.8, 4) is 11.5 Å². The van der Waals surface area contributed by atoms with Crippen LogP contribution in [0.3, 0.4) is 0 Å². The van der Waals surface area contributed by atoms with Gasteiger partial charge in [-0.1, -0.05) is 30.9 Å². The number of carboxylic acid groups (broad SMARTS) is 1. The molecule has 0 spiro atoms. The third-order valence-electron chi connectivity index (χ3n) is 3.52. The maximum absolute atomic E-state index is 12.5. The molecule has 1 unspecified atom stereocenters. The maximum atomic E-state index is 12.5. The zero-order valence-electron chi connectivity index (χ0n) is 13.4. The van der Waals surface area contributed by atoms with Gasteiger partial charge in [0.25, 0.3) is 5.91 Å². The number of amides is 1. The normalized spacial score (nSPS) is 17.3. The smallest absolute Gasteiger partial charge is 0.266 e. The van der Waals surface area contributed by atoms with Crippen LogP contribution in [0.5, 0.6) is 11.5 Å². The topological polar surface area (TPSA) is 78.9 Å². The summed E-state index contributed by atoms with van der Waals surface area (Å²) < 4.78 is 10.6. The number of rotatable bonds is 6. The lowest BCUT2D eigenvalue weighted by atomic mass is 10.1. The van der Waals surface area contributed by atoms with Crippen molar-refractivity contribution in [1.29, 1.82) is 0 Å². The highest BCUT2D eigenvalue weighted by Gasteiger charge is 2.37. The third-order valence-corrected chi connectivity index (χ3v) is 4.85. The molecule has 6 nitrogen and oxygen atoms in total. The Labute approximate surface area is 149 Å². The van der Waals surface area contributed by atoms with Crippen molar-refractivity contribution >= 4 is 46.3 Å². The first-order valence-corrected chi connectivity index (χ1v) is 8.35. The zero-order valence-corrected chi connectivity index (χ0v) is 15.0. The predicted molar refractivity (Wildman–Crippen MR) is 93.6 cm³/mol. The van der Waals surface area contributed by atoms with Gasteiger partial charge in [0.2, 0.25) is 0 Å². The molecule has 0 aliphatic carbocycles. The van der Waals surface area contributed by atoms with Crippen molar-refractivity contribution in [2.75, 3.05) is 14.2 Å². The highest BCUT2D eigenvalue weighted by atomic mass is 32.2. The summed E-state index contributed by atoms with van der Waals surface area (Å²) >= 11 is 6.22. The van der Waals surface area contributed by atoms with Gasteiger partial charge in [-0.05, 0) is 24.6 Å². The van der Waals surface area contributed by atoms with Gasteiger partial charge < -0.3 is 19.4 Å². The van der Waals surface area contributed by atoms with Gasteiger partial charge in [-0.15, -0.1) is 0 Å². The molecule has 1 saturated heterocycles. The van der Waals surface area contributed by atoms with E-state index in [0.717, 1.165) is 16.7 Å². The summed E-state index contributed by atoms with van der Waals surface area (Å²) in [4.78, 5) is 25.2. The van der Waals surface area contributed by atoms with E-state index in [1.807, 2.05) is 0 Å². The summed E-state index contributed by atoms with van der Waals surface area (Å²) in [5.41, 5.74) is 0.667. The van der Waals surface area contributed by atoms with Crippen LogP contribution in [0.1, 0.15) is 18.9 Å². The fourth-order valence-electron chi connectivity index (χ4n) is 2.28. The molecule has 24 heavy (non-hydrogen) atoms. The van der Waals surface area contributed by atoms with Gasteiger partial charge >= 0.3 is 0 Å². The van der Waals surface area contributed by atoms with Crippen molar-refractivity contribution in [2.45, 2.75) is 19.4 Å². The summed E-state index contributed by atoms with van der Waals surface area (Å²) in [5, 5.41) is 11.2. The molecule has 1 aliphatic rings. The second kappa shape index (κ2) is 7.67. The minimum atomic E-state index is -1.32. The fraction of sp³-hybridized carbons (Fsp3) is 0.312. The Morgan fingerprint density at radius 3 is 2.67 bits per heavy atom. The summed E-state index contributed by atoms with van der Waals surface area (Å²) in [7, 11) is 3.06. The number of benzene rings is 1. The Balaban J connectivity index is 2.37. The van der Waals surface area contributed by atoms with E-state index in [0.29, 0.717) is 22.0 Å². The number of carbonyl (C=O) groups excluding carboxylic acids is 2. The average Bonchev–Trinajstić information content (AvgIpc) is 2.83. The van der Waals surface area contributed by atoms with Crippen LogP contribution in [0, 0.1) is 0 Å². The van der Waals surface area contributed by atoms with E-state index in [1.54, 1.807) is 38.3 Å². The summed E-state index contributed by atoms with van der Waals surface area (Å²) in [5.74, 6) is -0.609. The number of hydrogen-bond donors (Lipinski definition) is 0. The molecule has 1 fully saturated rings. The van der Waals surface area contributed by atoms with Crippen LogP contribution in [0.4, 0.5) is 0 Å². The molecule has 2 rings (SSSR count). The van der Waals surface area contributed by atoms with Crippen LogP contribution in [0.2, 0.25) is 0 Å². The molecule has 0 radical (unpaired) electrons. The van der Waals surface area contributed by atoms with Crippen LogP contribution < -0.4 is 14.6 Å². The molecule has 1 aromatic carbocycles. The number of methoxy groups -OCH3 is 2. The lowest BCUT2D eigenvalue weighted by molar-refractivity contribution is -0.310. The number of hydrogen-bond acceptors (Lipinski definition) is 7. The fourth-order valence-corrected chi connectivity index (χ4v) is 3.63. The van der Waals surface area contributed by atoms with Crippen molar-refractivity contribution in [1.82, 2.24) is 4.90 Å². The Hall–Kier alpha value is -2.06. The first kappa shape index (κ1) is 18.3. The monoisotopic (exact) mass is 366 g/mol. The highest BCUT2D eigenvalue weighted by molar-refractivity contribution is 8.26. The minimum Gasteiger partial charge on any atom is -0.548 e. The summed E-state index contributed by atoms with van der Waals surface area (Å²) in [6, 6.07) is 4.12. The summed E-state index contributed by atoms with van der Waals surface area (Å²) in [6.45, 7) is 1.66. The Bertz CT molecular complexity index is 716. The standard InChI is InChI=1S/C16H17NO5S2/c1-4-11(15(19)20)17-14(18)13(24-16(17)23)7-9-5-6-10(21-2)8-12(9)22-3/h5-8,11H,4H2,1-3H3,(H,19,20)/p-1. The quantitative estimate of drug-likeness (QED) is 0.557. The van der Waals surface area contributed by atoms with Crippen LogP contribution in [0.25, 0.3) is 6.08 Å². The molecule has 1 atom stereocenters. The number of thioether (sulfide) groups is 1. The Morgan fingerprint density at radius 2 is 2.12 bits per heavy atom. The van der Waals surface area contributed by atoms with Gasteiger partial charge in [-0.25, -0.2) is 0 Å². The second-order valence-electron chi connectivity index (χ2n) is 4.90. The SMILES string of the molecule is CCC(C(=O)[O-])N1C(=O)C(=Cc2ccc(OC)cc2OC)SC1=S. The van der Waals surface area contributed by atoms with E-state index in [1.165, 1.54) is 7.11 Å². The highest BCUT2D eigenvalue weighted by Crippen LogP contribution is 2.36. The zero-order chi connectivity index (χ0) is 17.9. The lowest BCUT2D eigenvalue weighted by Crippen LogP contribution is -2.49. The second-order valence-corrected chi connectivity index (χ2v) is 6.58. The molecular formula is C16H16NO5S2-. The van der Waals surface area contributed by atoms with Gasteiger partial charge in [0.05, 0.1) is 31.1 Å². The number of carboxylic acids is 1. The van der Waals surface area contributed by atoms with Crippen molar-refractivity contribution in [2.24, 2.45) is 0 Å². The van der Waals surface area contributed by atoms with E-state index in [9.17, 15) is 14.7 Å². The first-order valence-electron chi connectivity index (χ1n) is 7.12. The van der Waals surface area contributed by atoms with Gasteiger partial charge in [0.15, 0.2) is 0 Å². The molecule has 1 heterocycles. The largest absolute Gasteiger partial charge is 0.548 e. The maximum Gasteiger partial charge on any atom is 0.266 e. The van der Waals surface area contributed by atoms with Crippen LogP contribution >= 0.6 is 24.0 Å². The predicted octanol–water partition coefficient (Wildman–Crippen LogP) is 1.43. The van der Waals surface area contributed by atoms with Crippen molar-refractivity contribution in [3.63, 3.8) is 0 Å². The number of ether oxygens (including phenoxy) is 2. The molecule has 1 aliphatic heterocycles. The average molecular weight is 366 g/mol. The molecule has 8 heteroatoms. The lowest BCUT2D eigenvalue weighted by Gasteiger charge is -2.26.